The number of benzene rings is 1. The number of rotatable bonds is 2. The van der Waals surface area contributed by atoms with Crippen molar-refractivity contribution >= 4 is 5.97 Å². The molecule has 0 bridgehead atoms. The molecule has 1 aromatic rings. The standard InChI is InChI=1S/C11H13NO2/c1-11(6-10(13)14)9-5-3-2-4-8(9)7-12-11/h2-5,12H,6-7H2,1H3,(H,13,14). The fraction of sp³-hybridized carbons (Fsp3) is 0.364. The van der Waals surface area contributed by atoms with E-state index in [0.717, 1.165) is 12.1 Å². The van der Waals surface area contributed by atoms with Crippen molar-refractivity contribution < 1.29 is 9.90 Å². The average molecular weight is 191 g/mol. The van der Waals surface area contributed by atoms with E-state index in [-0.39, 0.29) is 6.42 Å². The summed E-state index contributed by atoms with van der Waals surface area (Å²) in [6.07, 6.45) is 0.129. The van der Waals surface area contributed by atoms with Gasteiger partial charge >= 0.3 is 5.97 Å². The first-order chi connectivity index (χ1) is 6.62. The lowest BCUT2D eigenvalue weighted by molar-refractivity contribution is -0.138. The van der Waals surface area contributed by atoms with Crippen LogP contribution in [0.1, 0.15) is 24.5 Å². The second kappa shape index (κ2) is 3.10. The largest absolute Gasteiger partial charge is 0.481 e. The summed E-state index contributed by atoms with van der Waals surface area (Å²) in [5.41, 5.74) is 1.92. The lowest BCUT2D eigenvalue weighted by Gasteiger charge is -2.23. The highest BCUT2D eigenvalue weighted by atomic mass is 16.4. The van der Waals surface area contributed by atoms with Gasteiger partial charge in [0.1, 0.15) is 0 Å². The van der Waals surface area contributed by atoms with Crippen LogP contribution in [-0.2, 0) is 16.9 Å². The molecule has 1 aliphatic heterocycles. The summed E-state index contributed by atoms with van der Waals surface area (Å²) in [6, 6.07) is 7.96. The topological polar surface area (TPSA) is 49.3 Å². The molecule has 1 atom stereocenters. The molecule has 0 radical (unpaired) electrons. The fourth-order valence-electron chi connectivity index (χ4n) is 2.06. The number of fused-ring (bicyclic) bond motifs is 1. The van der Waals surface area contributed by atoms with Gasteiger partial charge < -0.3 is 10.4 Å². The molecule has 1 heterocycles. The van der Waals surface area contributed by atoms with E-state index >= 15 is 0 Å². The predicted molar refractivity (Wildman–Crippen MR) is 52.9 cm³/mol. The molecule has 0 spiro atoms. The minimum absolute atomic E-state index is 0.129. The maximum atomic E-state index is 10.7. The van der Waals surface area contributed by atoms with E-state index in [1.165, 1.54) is 5.56 Å². The predicted octanol–water partition coefficient (Wildman–Crippen LogP) is 1.48. The van der Waals surface area contributed by atoms with Crippen LogP contribution in [0.2, 0.25) is 0 Å². The molecule has 1 aromatic carbocycles. The van der Waals surface area contributed by atoms with Crippen LogP contribution in [0.25, 0.3) is 0 Å². The van der Waals surface area contributed by atoms with Gasteiger partial charge in [-0.1, -0.05) is 24.3 Å². The SMILES string of the molecule is CC1(CC(=O)O)NCc2ccccc21. The van der Waals surface area contributed by atoms with Crippen molar-refractivity contribution in [2.45, 2.75) is 25.4 Å². The Kier molecular flexibility index (Phi) is 2.04. The summed E-state index contributed by atoms with van der Waals surface area (Å²) in [5.74, 6) is -0.767. The molecule has 2 N–H and O–H groups in total. The Balaban J connectivity index is 2.37. The summed E-state index contributed by atoms with van der Waals surface area (Å²) in [6.45, 7) is 2.70. The number of hydrogen-bond donors (Lipinski definition) is 2. The van der Waals surface area contributed by atoms with Crippen molar-refractivity contribution in [1.82, 2.24) is 5.32 Å². The number of hydrogen-bond acceptors (Lipinski definition) is 2. The lowest BCUT2D eigenvalue weighted by atomic mass is 9.89. The van der Waals surface area contributed by atoms with Gasteiger partial charge in [-0.25, -0.2) is 0 Å². The Morgan fingerprint density at radius 3 is 3.00 bits per heavy atom. The Morgan fingerprint density at radius 1 is 1.57 bits per heavy atom. The highest BCUT2D eigenvalue weighted by Crippen LogP contribution is 2.33. The molecule has 0 aromatic heterocycles. The molecule has 0 amide bonds. The number of nitrogens with one attached hydrogen (secondary N) is 1. The second-order valence-electron chi connectivity index (χ2n) is 3.91. The third kappa shape index (κ3) is 1.40. The molecule has 0 fully saturated rings. The maximum absolute atomic E-state index is 10.7. The van der Waals surface area contributed by atoms with Gasteiger partial charge in [0.2, 0.25) is 0 Å². The molecular formula is C11H13NO2. The molecule has 1 unspecified atom stereocenters. The monoisotopic (exact) mass is 191 g/mol. The van der Waals surface area contributed by atoms with Gasteiger partial charge in [0.25, 0.3) is 0 Å². The number of carboxylic acids is 1. The van der Waals surface area contributed by atoms with Crippen LogP contribution in [0.5, 0.6) is 0 Å². The highest BCUT2D eigenvalue weighted by molar-refractivity contribution is 5.69. The summed E-state index contributed by atoms with van der Waals surface area (Å²) in [5, 5.41) is 12.1. The van der Waals surface area contributed by atoms with Gasteiger partial charge in [-0.3, -0.25) is 4.79 Å². The van der Waals surface area contributed by atoms with Crippen LogP contribution in [0.3, 0.4) is 0 Å². The van der Waals surface area contributed by atoms with E-state index in [1.807, 2.05) is 31.2 Å². The van der Waals surface area contributed by atoms with E-state index in [9.17, 15) is 4.79 Å². The minimum atomic E-state index is -0.767. The Hall–Kier alpha value is -1.35. The van der Waals surface area contributed by atoms with E-state index < -0.39 is 11.5 Å². The van der Waals surface area contributed by atoms with Gasteiger partial charge in [0.05, 0.1) is 12.0 Å². The van der Waals surface area contributed by atoms with Crippen LogP contribution in [0, 0.1) is 0 Å². The first-order valence-corrected chi connectivity index (χ1v) is 4.67. The summed E-state index contributed by atoms with van der Waals surface area (Å²) < 4.78 is 0. The van der Waals surface area contributed by atoms with E-state index in [2.05, 4.69) is 5.32 Å². The Labute approximate surface area is 82.8 Å². The van der Waals surface area contributed by atoms with Crippen molar-refractivity contribution in [3.63, 3.8) is 0 Å². The first kappa shape index (κ1) is 9.21. The molecule has 0 saturated carbocycles. The molecule has 2 rings (SSSR count). The Bertz CT molecular complexity index is 375. The number of carboxylic acid groups (broad SMARTS) is 1. The van der Waals surface area contributed by atoms with Gasteiger partial charge in [-0.05, 0) is 18.1 Å². The van der Waals surface area contributed by atoms with Gasteiger partial charge in [-0.15, -0.1) is 0 Å². The van der Waals surface area contributed by atoms with E-state index in [4.69, 9.17) is 5.11 Å². The normalized spacial score (nSPS) is 24.6. The zero-order chi connectivity index (χ0) is 10.2. The van der Waals surface area contributed by atoms with E-state index in [1.54, 1.807) is 0 Å². The zero-order valence-corrected chi connectivity index (χ0v) is 8.08. The average Bonchev–Trinajstić information content (AvgIpc) is 2.44. The second-order valence-corrected chi connectivity index (χ2v) is 3.91. The smallest absolute Gasteiger partial charge is 0.305 e. The van der Waals surface area contributed by atoms with Gasteiger partial charge in [0.15, 0.2) is 0 Å². The highest BCUT2D eigenvalue weighted by Gasteiger charge is 2.35. The molecule has 1 aliphatic rings. The van der Waals surface area contributed by atoms with Crippen molar-refractivity contribution in [3.8, 4) is 0 Å². The maximum Gasteiger partial charge on any atom is 0.305 e. The number of aliphatic carboxylic acids is 1. The first-order valence-electron chi connectivity index (χ1n) is 4.67. The van der Waals surface area contributed by atoms with Crippen LogP contribution in [0.15, 0.2) is 24.3 Å². The lowest BCUT2D eigenvalue weighted by Crippen LogP contribution is -2.35. The molecule has 3 nitrogen and oxygen atoms in total. The fourth-order valence-corrected chi connectivity index (χ4v) is 2.06. The van der Waals surface area contributed by atoms with Crippen LogP contribution < -0.4 is 5.32 Å². The third-order valence-corrected chi connectivity index (χ3v) is 2.79. The third-order valence-electron chi connectivity index (χ3n) is 2.79. The molecule has 74 valence electrons. The molecule has 0 aliphatic carbocycles. The minimum Gasteiger partial charge on any atom is -0.481 e. The van der Waals surface area contributed by atoms with Crippen LogP contribution in [0.4, 0.5) is 0 Å². The molecule has 3 heteroatoms. The molecular weight excluding hydrogens is 178 g/mol. The van der Waals surface area contributed by atoms with Gasteiger partial charge in [0, 0.05) is 6.54 Å². The summed E-state index contributed by atoms with van der Waals surface area (Å²) >= 11 is 0. The van der Waals surface area contributed by atoms with E-state index in [0.29, 0.717) is 0 Å². The van der Waals surface area contributed by atoms with Crippen LogP contribution >= 0.6 is 0 Å². The number of carbonyl (C=O) groups is 1. The summed E-state index contributed by atoms with van der Waals surface area (Å²) in [7, 11) is 0. The quantitative estimate of drug-likeness (QED) is 0.744. The van der Waals surface area contributed by atoms with Crippen LogP contribution in [-0.4, -0.2) is 11.1 Å². The van der Waals surface area contributed by atoms with Crippen molar-refractivity contribution in [2.75, 3.05) is 0 Å². The zero-order valence-electron chi connectivity index (χ0n) is 8.08. The van der Waals surface area contributed by atoms with Crippen molar-refractivity contribution in [1.29, 1.82) is 0 Å². The Morgan fingerprint density at radius 2 is 2.29 bits per heavy atom. The van der Waals surface area contributed by atoms with Gasteiger partial charge in [-0.2, -0.15) is 0 Å². The molecule has 0 saturated heterocycles. The van der Waals surface area contributed by atoms with Crippen molar-refractivity contribution in [2.24, 2.45) is 0 Å². The van der Waals surface area contributed by atoms with Crippen molar-refractivity contribution in [3.05, 3.63) is 35.4 Å². The summed E-state index contributed by atoms with van der Waals surface area (Å²) in [4.78, 5) is 10.7. The molecule has 14 heavy (non-hydrogen) atoms.